The number of hydrogen-bond acceptors (Lipinski definition) is 1. The van der Waals surface area contributed by atoms with Crippen LogP contribution in [-0.2, 0) is 0 Å². The smallest absolute Gasteiger partial charge is 0.104 e. The first kappa shape index (κ1) is 9.52. The van der Waals surface area contributed by atoms with Gasteiger partial charge in [0.05, 0.1) is 0 Å². The van der Waals surface area contributed by atoms with Crippen LogP contribution >= 0.6 is 0 Å². The van der Waals surface area contributed by atoms with Crippen LogP contribution in [0.4, 0.5) is 0 Å². The Balaban J connectivity index is 3.33. The maximum atomic E-state index is 8.37. The van der Waals surface area contributed by atoms with Gasteiger partial charge in [0, 0.05) is 5.92 Å². The molecule has 0 amide bonds. The van der Waals surface area contributed by atoms with E-state index in [9.17, 15) is 0 Å². The molecule has 0 spiro atoms. The third-order valence-corrected chi connectivity index (χ3v) is 1.42. The van der Waals surface area contributed by atoms with Crippen LogP contribution in [0.1, 0.15) is 33.1 Å². The maximum Gasteiger partial charge on any atom is 0.104 e. The minimum Gasteiger partial charge on any atom is -0.384 e. The second-order valence-corrected chi connectivity index (χ2v) is 2.52. The van der Waals surface area contributed by atoms with Gasteiger partial charge in [0.1, 0.15) is 6.61 Å². The van der Waals surface area contributed by atoms with E-state index in [1.54, 1.807) is 0 Å². The molecule has 1 nitrogen and oxygen atoms in total. The summed E-state index contributed by atoms with van der Waals surface area (Å²) in [4.78, 5) is 0. The lowest BCUT2D eigenvalue weighted by Crippen LogP contribution is -1.89. The third-order valence-electron chi connectivity index (χ3n) is 1.42. The molecular weight excluding hydrogens is 124 g/mol. The number of rotatable bonds is 3. The summed E-state index contributed by atoms with van der Waals surface area (Å²) >= 11 is 0. The molecular formula is C9H16O. The van der Waals surface area contributed by atoms with Crippen molar-refractivity contribution in [1.82, 2.24) is 0 Å². The quantitative estimate of drug-likeness (QED) is 0.593. The Morgan fingerprint density at radius 1 is 1.50 bits per heavy atom. The molecule has 10 heavy (non-hydrogen) atoms. The minimum atomic E-state index is -0.00351. The molecule has 0 aliphatic heterocycles. The van der Waals surface area contributed by atoms with Gasteiger partial charge in [0.15, 0.2) is 0 Å². The summed E-state index contributed by atoms with van der Waals surface area (Å²) in [5.41, 5.74) is 0. The SMILES string of the molecule is CCCC[C@@H](C)C#CCO. The monoisotopic (exact) mass is 140 g/mol. The van der Waals surface area contributed by atoms with E-state index in [4.69, 9.17) is 5.11 Å². The highest BCUT2D eigenvalue weighted by molar-refractivity contribution is 5.01. The topological polar surface area (TPSA) is 20.2 Å². The molecule has 1 atom stereocenters. The van der Waals surface area contributed by atoms with Crippen molar-refractivity contribution in [2.24, 2.45) is 5.92 Å². The maximum absolute atomic E-state index is 8.37. The molecule has 58 valence electrons. The molecule has 1 heteroatoms. The lowest BCUT2D eigenvalue weighted by molar-refractivity contribution is 0.350. The van der Waals surface area contributed by atoms with Gasteiger partial charge in [-0.1, -0.05) is 38.5 Å². The molecule has 0 fully saturated rings. The summed E-state index contributed by atoms with van der Waals surface area (Å²) in [5, 5.41) is 8.37. The molecule has 0 bridgehead atoms. The molecule has 0 unspecified atom stereocenters. The molecule has 0 radical (unpaired) electrons. The summed E-state index contributed by atoms with van der Waals surface area (Å²) in [5.74, 6) is 6.08. The molecule has 0 aromatic rings. The number of aliphatic hydroxyl groups excluding tert-OH is 1. The van der Waals surface area contributed by atoms with E-state index in [0.29, 0.717) is 5.92 Å². The van der Waals surface area contributed by atoms with E-state index in [1.165, 1.54) is 12.8 Å². The molecule has 0 aliphatic carbocycles. The van der Waals surface area contributed by atoms with Gasteiger partial charge >= 0.3 is 0 Å². The van der Waals surface area contributed by atoms with Crippen LogP contribution in [0.25, 0.3) is 0 Å². The lowest BCUT2D eigenvalue weighted by atomic mass is 10.1. The summed E-state index contributed by atoms with van der Waals surface area (Å²) in [6.45, 7) is 4.26. The van der Waals surface area contributed by atoms with Crippen LogP contribution in [0.3, 0.4) is 0 Å². The first-order valence-corrected chi connectivity index (χ1v) is 3.90. The second-order valence-electron chi connectivity index (χ2n) is 2.52. The van der Waals surface area contributed by atoms with Gasteiger partial charge in [-0.2, -0.15) is 0 Å². The number of hydrogen-bond donors (Lipinski definition) is 1. The molecule has 0 saturated heterocycles. The molecule has 1 N–H and O–H groups in total. The zero-order valence-electron chi connectivity index (χ0n) is 6.85. The normalized spacial score (nSPS) is 11.9. The molecule has 0 heterocycles. The second kappa shape index (κ2) is 6.64. The van der Waals surface area contributed by atoms with Crippen molar-refractivity contribution in [2.45, 2.75) is 33.1 Å². The van der Waals surface area contributed by atoms with E-state index in [0.717, 1.165) is 6.42 Å². The van der Waals surface area contributed by atoms with Crippen molar-refractivity contribution >= 4 is 0 Å². The Morgan fingerprint density at radius 3 is 2.70 bits per heavy atom. The highest BCUT2D eigenvalue weighted by atomic mass is 16.2. The summed E-state index contributed by atoms with van der Waals surface area (Å²) in [7, 11) is 0. The fourth-order valence-electron chi connectivity index (χ4n) is 0.802. The van der Waals surface area contributed by atoms with Crippen LogP contribution in [0.2, 0.25) is 0 Å². The number of unbranched alkanes of at least 4 members (excludes halogenated alkanes) is 1. The van der Waals surface area contributed by atoms with Crippen LogP contribution in [0, 0.1) is 17.8 Å². The largest absolute Gasteiger partial charge is 0.384 e. The van der Waals surface area contributed by atoms with Crippen LogP contribution < -0.4 is 0 Å². The van der Waals surface area contributed by atoms with Crippen molar-refractivity contribution < 1.29 is 5.11 Å². The Morgan fingerprint density at radius 2 is 2.20 bits per heavy atom. The highest BCUT2D eigenvalue weighted by Gasteiger charge is 1.93. The molecule has 0 aromatic heterocycles. The van der Waals surface area contributed by atoms with Gasteiger partial charge < -0.3 is 5.11 Å². The molecule has 0 rings (SSSR count). The van der Waals surface area contributed by atoms with Gasteiger partial charge in [-0.25, -0.2) is 0 Å². The number of aliphatic hydroxyl groups is 1. The standard InChI is InChI=1S/C9H16O/c1-3-4-6-9(2)7-5-8-10/h9-10H,3-4,6,8H2,1-2H3/t9-/m1/s1. The Kier molecular flexibility index (Phi) is 6.32. The molecule has 0 saturated carbocycles. The van der Waals surface area contributed by atoms with Crippen molar-refractivity contribution in [3.05, 3.63) is 0 Å². The van der Waals surface area contributed by atoms with E-state index in [1.807, 2.05) is 0 Å². The summed E-state index contributed by atoms with van der Waals surface area (Å²) < 4.78 is 0. The Hall–Kier alpha value is -0.480. The highest BCUT2D eigenvalue weighted by Crippen LogP contribution is 2.04. The van der Waals surface area contributed by atoms with Crippen LogP contribution in [0.5, 0.6) is 0 Å². The third kappa shape index (κ3) is 5.65. The van der Waals surface area contributed by atoms with Crippen molar-refractivity contribution in [2.75, 3.05) is 6.61 Å². The van der Waals surface area contributed by atoms with Gasteiger partial charge in [-0.3, -0.25) is 0 Å². The van der Waals surface area contributed by atoms with Crippen molar-refractivity contribution in [1.29, 1.82) is 0 Å². The van der Waals surface area contributed by atoms with Gasteiger partial charge in [0.25, 0.3) is 0 Å². The van der Waals surface area contributed by atoms with Crippen molar-refractivity contribution in [3.8, 4) is 11.8 Å². The predicted octanol–water partition coefficient (Wildman–Crippen LogP) is 1.81. The molecule has 0 aromatic carbocycles. The lowest BCUT2D eigenvalue weighted by Gasteiger charge is -1.99. The predicted molar refractivity (Wildman–Crippen MR) is 43.6 cm³/mol. The average Bonchev–Trinajstić information content (AvgIpc) is 1.97. The van der Waals surface area contributed by atoms with Crippen molar-refractivity contribution in [3.63, 3.8) is 0 Å². The van der Waals surface area contributed by atoms with E-state index >= 15 is 0 Å². The fourth-order valence-corrected chi connectivity index (χ4v) is 0.802. The van der Waals surface area contributed by atoms with Gasteiger partial charge in [-0.05, 0) is 6.42 Å². The van der Waals surface area contributed by atoms with E-state index in [2.05, 4.69) is 25.7 Å². The van der Waals surface area contributed by atoms with Gasteiger partial charge in [-0.15, -0.1) is 0 Å². The zero-order valence-corrected chi connectivity index (χ0v) is 6.85. The Bertz CT molecular complexity index is 118. The van der Waals surface area contributed by atoms with E-state index in [-0.39, 0.29) is 6.61 Å². The Labute approximate surface area is 63.5 Å². The van der Waals surface area contributed by atoms with Gasteiger partial charge in [0.2, 0.25) is 0 Å². The van der Waals surface area contributed by atoms with Crippen LogP contribution in [0.15, 0.2) is 0 Å². The first-order valence-electron chi connectivity index (χ1n) is 3.90. The fraction of sp³-hybridized carbons (Fsp3) is 0.778. The van der Waals surface area contributed by atoms with E-state index < -0.39 is 0 Å². The average molecular weight is 140 g/mol. The molecule has 0 aliphatic rings. The zero-order chi connectivity index (χ0) is 7.82. The summed E-state index contributed by atoms with van der Waals surface area (Å²) in [6, 6.07) is 0. The minimum absolute atomic E-state index is 0.00351. The first-order chi connectivity index (χ1) is 4.81. The van der Waals surface area contributed by atoms with Crippen LogP contribution in [-0.4, -0.2) is 11.7 Å². The summed E-state index contributed by atoms with van der Waals surface area (Å²) in [6.07, 6.45) is 3.62.